The molecule has 1 atom stereocenters. The zero-order valence-corrected chi connectivity index (χ0v) is 8.75. The largest absolute Gasteiger partial charge is 0.314 e. The van der Waals surface area contributed by atoms with E-state index in [-0.39, 0.29) is 0 Å². The molecule has 3 nitrogen and oxygen atoms in total. The standard InChI is InChI=1S/C10H19N3/c1-4-9(2)11-6-5-10-7-12-13(3)8-10/h7-9,11H,4-6H2,1-3H3. The summed E-state index contributed by atoms with van der Waals surface area (Å²) in [4.78, 5) is 0. The summed E-state index contributed by atoms with van der Waals surface area (Å²) in [6.45, 7) is 5.45. The molecule has 1 heterocycles. The van der Waals surface area contributed by atoms with E-state index in [1.54, 1.807) is 0 Å². The molecule has 0 fully saturated rings. The minimum absolute atomic E-state index is 0.622. The summed E-state index contributed by atoms with van der Waals surface area (Å²) in [7, 11) is 1.95. The molecule has 3 heteroatoms. The van der Waals surface area contributed by atoms with Crippen LogP contribution in [0.4, 0.5) is 0 Å². The van der Waals surface area contributed by atoms with Gasteiger partial charge in [0, 0.05) is 19.3 Å². The number of aryl methyl sites for hydroxylation is 1. The first-order valence-corrected chi connectivity index (χ1v) is 4.93. The van der Waals surface area contributed by atoms with Gasteiger partial charge < -0.3 is 5.32 Å². The van der Waals surface area contributed by atoms with E-state index in [0.717, 1.165) is 13.0 Å². The van der Waals surface area contributed by atoms with Gasteiger partial charge in [-0.1, -0.05) is 6.92 Å². The lowest BCUT2D eigenvalue weighted by atomic mass is 10.2. The van der Waals surface area contributed by atoms with E-state index in [1.807, 2.05) is 17.9 Å². The van der Waals surface area contributed by atoms with E-state index in [4.69, 9.17) is 0 Å². The average Bonchev–Trinajstić information content (AvgIpc) is 2.51. The van der Waals surface area contributed by atoms with Crippen molar-refractivity contribution in [2.75, 3.05) is 6.54 Å². The molecule has 0 aliphatic heterocycles. The number of hydrogen-bond donors (Lipinski definition) is 1. The second-order valence-corrected chi connectivity index (χ2v) is 3.54. The minimum Gasteiger partial charge on any atom is -0.314 e. The van der Waals surface area contributed by atoms with Crippen molar-refractivity contribution in [2.45, 2.75) is 32.7 Å². The number of rotatable bonds is 5. The van der Waals surface area contributed by atoms with Crippen molar-refractivity contribution in [3.63, 3.8) is 0 Å². The molecule has 74 valence electrons. The Kier molecular flexibility index (Phi) is 3.96. The maximum absolute atomic E-state index is 4.12. The third kappa shape index (κ3) is 3.59. The molecule has 0 bridgehead atoms. The molecular weight excluding hydrogens is 162 g/mol. The molecule has 0 saturated carbocycles. The molecule has 0 aliphatic carbocycles. The first kappa shape index (κ1) is 10.3. The van der Waals surface area contributed by atoms with E-state index in [9.17, 15) is 0 Å². The van der Waals surface area contributed by atoms with Crippen LogP contribution < -0.4 is 5.32 Å². The molecule has 1 rings (SSSR count). The van der Waals surface area contributed by atoms with Crippen molar-refractivity contribution in [3.05, 3.63) is 18.0 Å². The maximum Gasteiger partial charge on any atom is 0.0522 e. The summed E-state index contributed by atoms with van der Waals surface area (Å²) in [5.41, 5.74) is 1.30. The molecular formula is C10H19N3. The summed E-state index contributed by atoms with van der Waals surface area (Å²) >= 11 is 0. The predicted octanol–water partition coefficient (Wildman–Crippen LogP) is 1.35. The van der Waals surface area contributed by atoms with E-state index >= 15 is 0 Å². The van der Waals surface area contributed by atoms with E-state index in [1.165, 1.54) is 12.0 Å². The summed E-state index contributed by atoms with van der Waals surface area (Å²) in [6, 6.07) is 0.622. The molecule has 0 radical (unpaired) electrons. The first-order valence-electron chi connectivity index (χ1n) is 4.93. The van der Waals surface area contributed by atoms with Crippen molar-refractivity contribution in [3.8, 4) is 0 Å². The van der Waals surface area contributed by atoms with Gasteiger partial charge in [0.15, 0.2) is 0 Å². The van der Waals surface area contributed by atoms with Gasteiger partial charge in [0.2, 0.25) is 0 Å². The third-order valence-electron chi connectivity index (χ3n) is 2.28. The topological polar surface area (TPSA) is 29.9 Å². The summed E-state index contributed by atoms with van der Waals surface area (Å²) in [6.07, 6.45) is 6.25. The maximum atomic E-state index is 4.12. The Bertz CT molecular complexity index is 242. The Hall–Kier alpha value is -0.830. The molecule has 1 N–H and O–H groups in total. The highest BCUT2D eigenvalue weighted by molar-refractivity contribution is 5.03. The number of nitrogens with one attached hydrogen (secondary N) is 1. The fraction of sp³-hybridized carbons (Fsp3) is 0.700. The fourth-order valence-electron chi connectivity index (χ4n) is 1.21. The van der Waals surface area contributed by atoms with Gasteiger partial charge in [-0.05, 0) is 31.9 Å². The lowest BCUT2D eigenvalue weighted by Crippen LogP contribution is -2.27. The molecule has 0 amide bonds. The van der Waals surface area contributed by atoms with Crippen LogP contribution >= 0.6 is 0 Å². The molecule has 0 aliphatic rings. The predicted molar refractivity (Wildman–Crippen MR) is 54.7 cm³/mol. The van der Waals surface area contributed by atoms with Crippen molar-refractivity contribution in [1.82, 2.24) is 15.1 Å². The van der Waals surface area contributed by atoms with Crippen molar-refractivity contribution >= 4 is 0 Å². The van der Waals surface area contributed by atoms with Crippen LogP contribution in [0.25, 0.3) is 0 Å². The molecule has 0 spiro atoms. The van der Waals surface area contributed by atoms with Gasteiger partial charge in [-0.15, -0.1) is 0 Å². The Balaban J connectivity index is 2.20. The molecule has 13 heavy (non-hydrogen) atoms. The Morgan fingerprint density at radius 1 is 1.62 bits per heavy atom. The Morgan fingerprint density at radius 3 is 2.92 bits per heavy atom. The molecule has 0 aromatic carbocycles. The first-order chi connectivity index (χ1) is 6.22. The van der Waals surface area contributed by atoms with Crippen LogP contribution in [0.2, 0.25) is 0 Å². The minimum atomic E-state index is 0.622. The van der Waals surface area contributed by atoms with Gasteiger partial charge in [0.1, 0.15) is 0 Å². The second-order valence-electron chi connectivity index (χ2n) is 3.54. The molecule has 1 unspecified atom stereocenters. The Labute approximate surface area is 80.1 Å². The Morgan fingerprint density at radius 2 is 2.38 bits per heavy atom. The number of aromatic nitrogens is 2. The van der Waals surface area contributed by atoms with Gasteiger partial charge >= 0.3 is 0 Å². The van der Waals surface area contributed by atoms with Crippen LogP contribution in [-0.2, 0) is 13.5 Å². The number of nitrogens with zero attached hydrogens (tertiary/aromatic N) is 2. The normalized spacial score (nSPS) is 13.2. The van der Waals surface area contributed by atoms with Gasteiger partial charge in [-0.3, -0.25) is 4.68 Å². The van der Waals surface area contributed by atoms with Gasteiger partial charge in [-0.2, -0.15) is 5.10 Å². The van der Waals surface area contributed by atoms with Gasteiger partial charge in [-0.25, -0.2) is 0 Å². The second kappa shape index (κ2) is 5.02. The SMILES string of the molecule is CCC(C)NCCc1cnn(C)c1. The van der Waals surface area contributed by atoms with Gasteiger partial charge in [0.25, 0.3) is 0 Å². The van der Waals surface area contributed by atoms with Crippen molar-refractivity contribution in [1.29, 1.82) is 0 Å². The summed E-state index contributed by atoms with van der Waals surface area (Å²) < 4.78 is 1.85. The third-order valence-corrected chi connectivity index (χ3v) is 2.28. The highest BCUT2D eigenvalue weighted by Gasteiger charge is 1.98. The van der Waals surface area contributed by atoms with Crippen LogP contribution in [0.15, 0.2) is 12.4 Å². The van der Waals surface area contributed by atoms with Crippen molar-refractivity contribution in [2.24, 2.45) is 7.05 Å². The van der Waals surface area contributed by atoms with Crippen LogP contribution in [0, 0.1) is 0 Å². The van der Waals surface area contributed by atoms with Crippen LogP contribution in [0.1, 0.15) is 25.8 Å². The van der Waals surface area contributed by atoms with E-state index < -0.39 is 0 Å². The zero-order chi connectivity index (χ0) is 9.68. The van der Waals surface area contributed by atoms with E-state index in [2.05, 4.69) is 30.5 Å². The van der Waals surface area contributed by atoms with Crippen LogP contribution in [-0.4, -0.2) is 22.4 Å². The molecule has 0 saturated heterocycles. The van der Waals surface area contributed by atoms with E-state index in [0.29, 0.717) is 6.04 Å². The summed E-state index contributed by atoms with van der Waals surface area (Å²) in [5.74, 6) is 0. The summed E-state index contributed by atoms with van der Waals surface area (Å²) in [5, 5.41) is 7.58. The lowest BCUT2D eigenvalue weighted by molar-refractivity contribution is 0.537. The average molecular weight is 181 g/mol. The quantitative estimate of drug-likeness (QED) is 0.743. The highest BCUT2D eigenvalue weighted by atomic mass is 15.2. The lowest BCUT2D eigenvalue weighted by Gasteiger charge is -2.09. The molecule has 1 aromatic heterocycles. The van der Waals surface area contributed by atoms with Gasteiger partial charge in [0.05, 0.1) is 6.20 Å². The van der Waals surface area contributed by atoms with Crippen LogP contribution in [0.5, 0.6) is 0 Å². The highest BCUT2D eigenvalue weighted by Crippen LogP contribution is 1.97. The van der Waals surface area contributed by atoms with Crippen LogP contribution in [0.3, 0.4) is 0 Å². The monoisotopic (exact) mass is 181 g/mol. The molecule has 1 aromatic rings. The fourth-order valence-corrected chi connectivity index (χ4v) is 1.21. The number of hydrogen-bond acceptors (Lipinski definition) is 2. The smallest absolute Gasteiger partial charge is 0.0522 e. The van der Waals surface area contributed by atoms with Crippen molar-refractivity contribution < 1.29 is 0 Å². The zero-order valence-electron chi connectivity index (χ0n) is 8.75.